The molecule has 82 valence electrons. The van der Waals surface area contributed by atoms with Gasteiger partial charge >= 0.3 is 0 Å². The summed E-state index contributed by atoms with van der Waals surface area (Å²) >= 11 is 0. The average molecular weight is 205 g/mol. The van der Waals surface area contributed by atoms with Gasteiger partial charge in [-0.2, -0.15) is 0 Å². The molecule has 1 aromatic rings. The van der Waals surface area contributed by atoms with Crippen LogP contribution >= 0.6 is 0 Å². The van der Waals surface area contributed by atoms with Crippen molar-refractivity contribution in [3.8, 4) is 0 Å². The molecule has 2 heteroatoms. The molecule has 1 aliphatic rings. The Labute approximate surface area is 91.9 Å². The van der Waals surface area contributed by atoms with E-state index in [9.17, 15) is 0 Å². The fraction of sp³-hybridized carbons (Fsp3) is 0.538. The highest BCUT2D eigenvalue weighted by Crippen LogP contribution is 2.15. The second kappa shape index (κ2) is 4.77. The van der Waals surface area contributed by atoms with Crippen molar-refractivity contribution < 1.29 is 4.74 Å². The van der Waals surface area contributed by atoms with Crippen LogP contribution in [-0.4, -0.2) is 30.2 Å². The summed E-state index contributed by atoms with van der Waals surface area (Å²) in [7, 11) is 0. The molecule has 1 fully saturated rings. The van der Waals surface area contributed by atoms with Crippen LogP contribution in [0.1, 0.15) is 19.4 Å². The van der Waals surface area contributed by atoms with Gasteiger partial charge in [-0.05, 0) is 19.4 Å². The second-order valence-electron chi connectivity index (χ2n) is 4.46. The third kappa shape index (κ3) is 3.33. The van der Waals surface area contributed by atoms with E-state index in [1.54, 1.807) is 0 Å². The van der Waals surface area contributed by atoms with Crippen molar-refractivity contribution >= 4 is 0 Å². The molecule has 1 aliphatic heterocycles. The van der Waals surface area contributed by atoms with Gasteiger partial charge in [-0.25, -0.2) is 0 Å². The molecule has 1 aromatic carbocycles. The van der Waals surface area contributed by atoms with Gasteiger partial charge < -0.3 is 4.74 Å². The van der Waals surface area contributed by atoms with Crippen LogP contribution in [0.4, 0.5) is 0 Å². The lowest BCUT2D eigenvalue weighted by Crippen LogP contribution is -2.33. The molecule has 0 unspecified atom stereocenters. The number of epoxide rings is 1. The Hall–Kier alpha value is -0.860. The Morgan fingerprint density at radius 1 is 1.33 bits per heavy atom. The Morgan fingerprint density at radius 2 is 2.00 bits per heavy atom. The molecular weight excluding hydrogens is 186 g/mol. The summed E-state index contributed by atoms with van der Waals surface area (Å²) in [5, 5.41) is 0. The van der Waals surface area contributed by atoms with E-state index in [4.69, 9.17) is 4.74 Å². The molecule has 0 bridgehead atoms. The first-order chi connectivity index (χ1) is 7.25. The average Bonchev–Trinajstić information content (AvgIpc) is 3.02. The molecule has 2 nitrogen and oxygen atoms in total. The maximum absolute atomic E-state index is 5.29. The summed E-state index contributed by atoms with van der Waals surface area (Å²) in [6, 6.07) is 11.2. The largest absolute Gasteiger partial charge is 0.372 e. The smallest absolute Gasteiger partial charge is 0.0936 e. The zero-order valence-corrected chi connectivity index (χ0v) is 9.52. The minimum atomic E-state index is 0.483. The van der Waals surface area contributed by atoms with Crippen molar-refractivity contribution in [3.05, 3.63) is 35.9 Å². The van der Waals surface area contributed by atoms with E-state index in [0.717, 1.165) is 19.7 Å². The number of rotatable bonds is 5. The highest BCUT2D eigenvalue weighted by atomic mass is 16.6. The van der Waals surface area contributed by atoms with Gasteiger partial charge in [0.05, 0.1) is 12.7 Å². The molecule has 0 spiro atoms. The van der Waals surface area contributed by atoms with E-state index < -0.39 is 0 Å². The molecule has 0 amide bonds. The summed E-state index contributed by atoms with van der Waals surface area (Å²) < 4.78 is 5.29. The first kappa shape index (κ1) is 10.7. The van der Waals surface area contributed by atoms with E-state index in [-0.39, 0.29) is 0 Å². The second-order valence-corrected chi connectivity index (χ2v) is 4.46. The van der Waals surface area contributed by atoms with Crippen molar-refractivity contribution in [1.82, 2.24) is 4.90 Å². The molecule has 1 saturated heterocycles. The van der Waals surface area contributed by atoms with Crippen LogP contribution in [0.3, 0.4) is 0 Å². The minimum absolute atomic E-state index is 0.483. The number of hydrogen-bond acceptors (Lipinski definition) is 2. The number of hydrogen-bond donors (Lipinski definition) is 0. The van der Waals surface area contributed by atoms with Crippen molar-refractivity contribution in [2.75, 3.05) is 13.2 Å². The van der Waals surface area contributed by atoms with Gasteiger partial charge in [0, 0.05) is 19.1 Å². The standard InChI is InChI=1S/C13H19NO/c1-11(2)14(9-13-10-15-13)8-12-6-4-3-5-7-12/h3-7,11,13H,8-10H2,1-2H3/t13-/m1/s1. The Kier molecular flexibility index (Phi) is 3.39. The Bertz CT molecular complexity index is 293. The van der Waals surface area contributed by atoms with Gasteiger partial charge in [-0.15, -0.1) is 0 Å². The van der Waals surface area contributed by atoms with Crippen LogP contribution in [0.25, 0.3) is 0 Å². The van der Waals surface area contributed by atoms with Gasteiger partial charge in [-0.3, -0.25) is 4.90 Å². The van der Waals surface area contributed by atoms with Crippen molar-refractivity contribution in [1.29, 1.82) is 0 Å². The highest BCUT2D eigenvalue weighted by Gasteiger charge is 2.26. The van der Waals surface area contributed by atoms with Crippen LogP contribution in [0, 0.1) is 0 Å². The van der Waals surface area contributed by atoms with Crippen molar-refractivity contribution in [2.24, 2.45) is 0 Å². The molecule has 15 heavy (non-hydrogen) atoms. The summed E-state index contributed by atoms with van der Waals surface area (Å²) in [5.74, 6) is 0. The van der Waals surface area contributed by atoms with Gasteiger partial charge in [0.2, 0.25) is 0 Å². The molecule has 0 aliphatic carbocycles. The van der Waals surface area contributed by atoms with Gasteiger partial charge in [0.1, 0.15) is 0 Å². The topological polar surface area (TPSA) is 15.8 Å². The van der Waals surface area contributed by atoms with Crippen LogP contribution in [0.2, 0.25) is 0 Å². The first-order valence-corrected chi connectivity index (χ1v) is 5.65. The van der Waals surface area contributed by atoms with E-state index >= 15 is 0 Å². The maximum atomic E-state index is 5.29. The Balaban J connectivity index is 1.93. The van der Waals surface area contributed by atoms with Gasteiger partial charge in [-0.1, -0.05) is 30.3 Å². The summed E-state index contributed by atoms with van der Waals surface area (Å²) in [4.78, 5) is 2.47. The van der Waals surface area contributed by atoms with E-state index in [0.29, 0.717) is 12.1 Å². The van der Waals surface area contributed by atoms with Crippen LogP contribution in [-0.2, 0) is 11.3 Å². The number of ether oxygens (including phenoxy) is 1. The first-order valence-electron chi connectivity index (χ1n) is 5.65. The molecule has 1 heterocycles. The predicted molar refractivity (Wildman–Crippen MR) is 61.7 cm³/mol. The van der Waals surface area contributed by atoms with E-state index in [1.165, 1.54) is 5.56 Å². The molecule has 0 saturated carbocycles. The molecule has 1 atom stereocenters. The third-order valence-electron chi connectivity index (χ3n) is 2.80. The van der Waals surface area contributed by atoms with Crippen LogP contribution in [0.15, 0.2) is 30.3 Å². The maximum Gasteiger partial charge on any atom is 0.0936 e. The number of benzene rings is 1. The summed E-state index contributed by atoms with van der Waals surface area (Å²) in [6.45, 7) is 7.51. The predicted octanol–water partition coefficient (Wildman–Crippen LogP) is 2.30. The third-order valence-corrected chi connectivity index (χ3v) is 2.80. The Morgan fingerprint density at radius 3 is 2.53 bits per heavy atom. The van der Waals surface area contributed by atoms with Gasteiger partial charge in [0.15, 0.2) is 0 Å². The normalized spacial score (nSPS) is 19.9. The zero-order valence-electron chi connectivity index (χ0n) is 9.52. The fourth-order valence-corrected chi connectivity index (χ4v) is 1.71. The monoisotopic (exact) mass is 205 g/mol. The van der Waals surface area contributed by atoms with Gasteiger partial charge in [0.25, 0.3) is 0 Å². The van der Waals surface area contributed by atoms with Crippen molar-refractivity contribution in [2.45, 2.75) is 32.5 Å². The van der Waals surface area contributed by atoms with Crippen LogP contribution < -0.4 is 0 Å². The zero-order chi connectivity index (χ0) is 10.7. The van der Waals surface area contributed by atoms with E-state index in [2.05, 4.69) is 49.1 Å². The lowest BCUT2D eigenvalue weighted by molar-refractivity contribution is 0.191. The quantitative estimate of drug-likeness (QED) is 0.685. The van der Waals surface area contributed by atoms with Crippen LogP contribution in [0.5, 0.6) is 0 Å². The van der Waals surface area contributed by atoms with Crippen molar-refractivity contribution in [3.63, 3.8) is 0 Å². The molecule has 2 rings (SSSR count). The fourth-order valence-electron chi connectivity index (χ4n) is 1.71. The number of nitrogens with zero attached hydrogens (tertiary/aromatic N) is 1. The lowest BCUT2D eigenvalue weighted by atomic mass is 10.2. The summed E-state index contributed by atoms with van der Waals surface area (Å²) in [5.41, 5.74) is 1.38. The molecular formula is C13H19NO. The lowest BCUT2D eigenvalue weighted by Gasteiger charge is -2.25. The molecule has 0 aromatic heterocycles. The highest BCUT2D eigenvalue weighted by molar-refractivity contribution is 5.14. The van der Waals surface area contributed by atoms with E-state index in [1.807, 2.05) is 0 Å². The molecule has 0 N–H and O–H groups in total. The SMILES string of the molecule is CC(C)N(Cc1ccccc1)C[C@@H]1CO1. The molecule has 0 radical (unpaired) electrons. The summed E-state index contributed by atoms with van der Waals surface area (Å²) in [6.07, 6.45) is 0.483. The minimum Gasteiger partial charge on any atom is -0.372 e.